The molecule has 5 heteroatoms. The number of thioether (sulfide) groups is 1. The molecule has 1 aromatic carbocycles. The molecule has 2 N–H and O–H groups in total. The number of hydrogen-bond acceptors (Lipinski definition) is 4. The standard InChI is InChI=1S/C29H46N2O2S/c1-2-3-4-5-6-7-8-9-10-14-21-31-27(32)23-34-29(31)19-17-25(18-20-29)28(33)26(30)22-24-15-12-11-13-16-24/h11-13,15-16,25-26H,2-10,14,17-23,30H2,1H3. The van der Waals surface area contributed by atoms with Crippen LogP contribution >= 0.6 is 11.8 Å². The Hall–Kier alpha value is -1.33. The van der Waals surface area contributed by atoms with Crippen LogP contribution in [0.4, 0.5) is 0 Å². The maximum atomic E-state index is 13.0. The Morgan fingerprint density at radius 2 is 1.59 bits per heavy atom. The molecule has 1 aliphatic carbocycles. The lowest BCUT2D eigenvalue weighted by molar-refractivity contribution is -0.131. The first-order chi connectivity index (χ1) is 16.6. The first-order valence-corrected chi connectivity index (χ1v) is 14.8. The minimum absolute atomic E-state index is 0.0415. The highest BCUT2D eigenvalue weighted by molar-refractivity contribution is 8.01. The summed E-state index contributed by atoms with van der Waals surface area (Å²) < 4.78 is 0. The van der Waals surface area contributed by atoms with Crippen LogP contribution in [0.15, 0.2) is 30.3 Å². The van der Waals surface area contributed by atoms with Crippen LogP contribution in [0.25, 0.3) is 0 Å². The van der Waals surface area contributed by atoms with Crippen molar-refractivity contribution in [1.82, 2.24) is 4.90 Å². The smallest absolute Gasteiger partial charge is 0.233 e. The molecule has 1 atom stereocenters. The number of amides is 1. The molecule has 1 unspecified atom stereocenters. The van der Waals surface area contributed by atoms with Crippen molar-refractivity contribution < 1.29 is 9.59 Å². The van der Waals surface area contributed by atoms with Gasteiger partial charge in [0.1, 0.15) is 0 Å². The number of rotatable bonds is 15. The molecule has 34 heavy (non-hydrogen) atoms. The van der Waals surface area contributed by atoms with Gasteiger partial charge in [0.25, 0.3) is 0 Å². The van der Waals surface area contributed by atoms with Gasteiger partial charge in [-0.05, 0) is 44.1 Å². The fourth-order valence-electron chi connectivity index (χ4n) is 5.70. The molecule has 0 radical (unpaired) electrons. The van der Waals surface area contributed by atoms with Crippen molar-refractivity contribution in [3.8, 4) is 0 Å². The van der Waals surface area contributed by atoms with Gasteiger partial charge >= 0.3 is 0 Å². The van der Waals surface area contributed by atoms with E-state index in [1.165, 1.54) is 57.8 Å². The second-order valence-electron chi connectivity index (χ2n) is 10.4. The van der Waals surface area contributed by atoms with E-state index in [1.807, 2.05) is 42.1 Å². The van der Waals surface area contributed by atoms with Crippen molar-refractivity contribution >= 4 is 23.5 Å². The molecule has 1 heterocycles. The Morgan fingerprint density at radius 3 is 2.21 bits per heavy atom. The molecule has 2 fully saturated rings. The van der Waals surface area contributed by atoms with Gasteiger partial charge in [-0.2, -0.15) is 0 Å². The minimum atomic E-state index is -0.429. The van der Waals surface area contributed by atoms with Gasteiger partial charge in [-0.3, -0.25) is 9.59 Å². The van der Waals surface area contributed by atoms with Gasteiger partial charge in [0, 0.05) is 12.5 Å². The molecule has 1 amide bonds. The number of ketones is 1. The lowest BCUT2D eigenvalue weighted by Crippen LogP contribution is -2.49. The molecule has 1 saturated carbocycles. The van der Waals surface area contributed by atoms with E-state index >= 15 is 0 Å². The lowest BCUT2D eigenvalue weighted by atomic mass is 9.79. The van der Waals surface area contributed by atoms with Gasteiger partial charge in [-0.1, -0.05) is 95.0 Å². The van der Waals surface area contributed by atoms with E-state index in [1.54, 1.807) is 0 Å². The quantitative estimate of drug-likeness (QED) is 0.287. The number of hydrogen-bond donors (Lipinski definition) is 1. The zero-order valence-corrected chi connectivity index (χ0v) is 22.1. The summed E-state index contributed by atoms with van der Waals surface area (Å²) in [5.41, 5.74) is 7.42. The molecule has 3 rings (SSSR count). The van der Waals surface area contributed by atoms with Crippen LogP contribution in [-0.2, 0) is 16.0 Å². The van der Waals surface area contributed by atoms with Crippen LogP contribution in [-0.4, -0.2) is 39.8 Å². The third kappa shape index (κ3) is 7.84. The third-order valence-corrected chi connectivity index (χ3v) is 9.38. The predicted molar refractivity (Wildman–Crippen MR) is 144 cm³/mol. The van der Waals surface area contributed by atoms with Crippen molar-refractivity contribution in [2.75, 3.05) is 12.3 Å². The Bertz CT molecular complexity index is 746. The largest absolute Gasteiger partial charge is 0.327 e. The second kappa shape index (κ2) is 14.3. The third-order valence-electron chi connectivity index (χ3n) is 7.83. The van der Waals surface area contributed by atoms with E-state index in [4.69, 9.17) is 5.73 Å². The summed E-state index contributed by atoms with van der Waals surface area (Å²) in [5, 5.41) is 0. The number of Topliss-reactive ketones (excluding diaryl/α,β-unsaturated/α-hetero) is 1. The molecule has 1 saturated heterocycles. The molecular weight excluding hydrogens is 440 g/mol. The van der Waals surface area contributed by atoms with E-state index in [0.717, 1.165) is 44.2 Å². The maximum absolute atomic E-state index is 13.0. The zero-order valence-electron chi connectivity index (χ0n) is 21.3. The topological polar surface area (TPSA) is 63.4 Å². The van der Waals surface area contributed by atoms with E-state index in [-0.39, 0.29) is 16.6 Å². The number of unbranched alkanes of at least 4 members (excludes halogenated alkanes) is 9. The summed E-state index contributed by atoms with van der Waals surface area (Å²) in [4.78, 5) is 27.8. The summed E-state index contributed by atoms with van der Waals surface area (Å²) in [6.45, 7) is 3.15. The SMILES string of the molecule is CCCCCCCCCCCCN1C(=O)CSC12CCC(C(=O)C(N)Cc1ccccc1)CC2. The lowest BCUT2D eigenvalue weighted by Gasteiger charge is -2.43. The van der Waals surface area contributed by atoms with Gasteiger partial charge in [0.15, 0.2) is 5.78 Å². The molecule has 1 spiro atoms. The number of nitrogens with two attached hydrogens (primary N) is 1. The van der Waals surface area contributed by atoms with E-state index < -0.39 is 6.04 Å². The van der Waals surface area contributed by atoms with Crippen LogP contribution in [0.5, 0.6) is 0 Å². The monoisotopic (exact) mass is 486 g/mol. The summed E-state index contributed by atoms with van der Waals surface area (Å²) in [6, 6.07) is 9.62. The molecule has 4 nitrogen and oxygen atoms in total. The highest BCUT2D eigenvalue weighted by Gasteiger charge is 2.48. The number of nitrogens with zero attached hydrogens (tertiary/aromatic N) is 1. The second-order valence-corrected chi connectivity index (χ2v) is 11.8. The maximum Gasteiger partial charge on any atom is 0.233 e. The van der Waals surface area contributed by atoms with Crippen LogP contribution in [0.1, 0.15) is 102 Å². The normalized spacial score (nSPS) is 23.5. The van der Waals surface area contributed by atoms with Crippen molar-refractivity contribution in [3.05, 3.63) is 35.9 Å². The summed E-state index contributed by atoms with van der Waals surface area (Å²) in [6.07, 6.45) is 17.3. The van der Waals surface area contributed by atoms with Crippen LogP contribution in [0.3, 0.4) is 0 Å². The van der Waals surface area contributed by atoms with Gasteiger partial charge in [-0.25, -0.2) is 0 Å². The predicted octanol–water partition coefficient (Wildman–Crippen LogP) is 6.51. The van der Waals surface area contributed by atoms with Crippen molar-refractivity contribution in [2.45, 2.75) is 114 Å². The molecule has 0 bridgehead atoms. The number of benzene rings is 1. The number of carbonyl (C=O) groups excluding carboxylic acids is 2. The van der Waals surface area contributed by atoms with E-state index in [9.17, 15) is 9.59 Å². The molecule has 1 aliphatic heterocycles. The summed E-state index contributed by atoms with van der Waals surface area (Å²) >= 11 is 1.82. The average Bonchev–Trinajstić information content (AvgIpc) is 3.15. The fraction of sp³-hybridized carbons (Fsp3) is 0.724. The van der Waals surface area contributed by atoms with E-state index in [2.05, 4.69) is 11.8 Å². The van der Waals surface area contributed by atoms with Crippen LogP contribution in [0, 0.1) is 5.92 Å². The van der Waals surface area contributed by atoms with Gasteiger partial charge < -0.3 is 10.6 Å². The van der Waals surface area contributed by atoms with Crippen LogP contribution < -0.4 is 5.73 Å². The van der Waals surface area contributed by atoms with Crippen molar-refractivity contribution in [3.63, 3.8) is 0 Å². The molecular formula is C29H46N2O2S. The van der Waals surface area contributed by atoms with Crippen molar-refractivity contribution in [1.29, 1.82) is 0 Å². The molecule has 2 aliphatic rings. The Labute approximate surface area is 211 Å². The summed E-state index contributed by atoms with van der Waals surface area (Å²) in [5.74, 6) is 1.14. The number of carbonyl (C=O) groups is 2. The average molecular weight is 487 g/mol. The molecule has 1 aromatic rings. The molecule has 190 valence electrons. The highest BCUT2D eigenvalue weighted by Crippen LogP contribution is 2.48. The first kappa shape index (κ1) is 27.3. The Balaban J connectivity index is 1.37. The first-order valence-electron chi connectivity index (χ1n) is 13.8. The van der Waals surface area contributed by atoms with E-state index in [0.29, 0.717) is 18.1 Å². The highest BCUT2D eigenvalue weighted by atomic mass is 32.2. The minimum Gasteiger partial charge on any atom is -0.327 e. The van der Waals surface area contributed by atoms with Crippen LogP contribution in [0.2, 0.25) is 0 Å². The van der Waals surface area contributed by atoms with Gasteiger partial charge in [0.2, 0.25) is 5.91 Å². The Morgan fingerprint density at radius 1 is 1.00 bits per heavy atom. The summed E-state index contributed by atoms with van der Waals surface area (Å²) in [7, 11) is 0. The van der Waals surface area contributed by atoms with Crippen molar-refractivity contribution in [2.24, 2.45) is 11.7 Å². The van der Waals surface area contributed by atoms with Gasteiger partial charge in [0.05, 0.1) is 16.7 Å². The molecule has 0 aromatic heterocycles. The van der Waals surface area contributed by atoms with Gasteiger partial charge in [-0.15, -0.1) is 11.8 Å². The Kier molecular flexibility index (Phi) is 11.5. The zero-order chi connectivity index (χ0) is 24.2. The fourth-order valence-corrected chi connectivity index (χ4v) is 7.13.